The summed E-state index contributed by atoms with van der Waals surface area (Å²) in [7, 11) is 1.70. The third-order valence-corrected chi connectivity index (χ3v) is 2.82. The van der Waals surface area contributed by atoms with Crippen LogP contribution in [0.4, 0.5) is 0 Å². The van der Waals surface area contributed by atoms with E-state index in [-0.39, 0.29) is 0 Å². The zero-order valence-electron chi connectivity index (χ0n) is 12.0. The Kier molecular flexibility index (Phi) is 6.10. The van der Waals surface area contributed by atoms with Gasteiger partial charge in [0.15, 0.2) is 6.10 Å². The van der Waals surface area contributed by atoms with Crippen LogP contribution in [0.5, 0.6) is 0 Å². The number of carbonyl (C=O) groups excluding carboxylic acids is 1. The zero-order valence-corrected chi connectivity index (χ0v) is 12.0. The highest BCUT2D eigenvalue weighted by Gasteiger charge is 2.13. The fourth-order valence-corrected chi connectivity index (χ4v) is 1.57. The maximum absolute atomic E-state index is 11.8. The number of ether oxygens (including phenoxy) is 1. The van der Waals surface area contributed by atoms with Crippen LogP contribution in [0.1, 0.15) is 31.3 Å². The molecule has 1 aromatic rings. The molecule has 1 heterocycles. The van der Waals surface area contributed by atoms with Gasteiger partial charge < -0.3 is 4.74 Å². The van der Waals surface area contributed by atoms with E-state index in [1.807, 2.05) is 0 Å². The van der Waals surface area contributed by atoms with E-state index in [0.29, 0.717) is 12.2 Å². The number of hydrogen-bond donors (Lipinski definition) is 0. The van der Waals surface area contributed by atoms with E-state index in [1.54, 1.807) is 26.2 Å². The minimum Gasteiger partial charge on any atom is -0.445 e. The van der Waals surface area contributed by atoms with Crippen LogP contribution in [0.15, 0.2) is 12.3 Å². The molecule has 0 spiro atoms. The predicted octanol–water partition coefficient (Wildman–Crippen LogP) is 1.31. The first-order valence-electron chi connectivity index (χ1n) is 6.48. The molecule has 0 aliphatic heterocycles. The number of aryl methyl sites for hydroxylation is 1. The monoisotopic (exact) mass is 263 g/mol. The Morgan fingerprint density at radius 3 is 2.74 bits per heavy atom. The second-order valence-electron chi connectivity index (χ2n) is 4.17. The van der Waals surface area contributed by atoms with Crippen LogP contribution in [0.25, 0.3) is 0 Å². The van der Waals surface area contributed by atoms with E-state index >= 15 is 0 Å². The Bertz CT molecular complexity index is 467. The number of aromatic nitrogens is 2. The second-order valence-corrected chi connectivity index (χ2v) is 4.17. The first kappa shape index (κ1) is 15.3. The van der Waals surface area contributed by atoms with Crippen molar-refractivity contribution >= 4 is 5.97 Å². The lowest BCUT2D eigenvalue weighted by atomic mass is 10.3. The Morgan fingerprint density at radius 2 is 2.21 bits per heavy atom. The quantitative estimate of drug-likeness (QED) is 0.593. The first-order valence-corrected chi connectivity index (χ1v) is 6.48. The summed E-state index contributed by atoms with van der Waals surface area (Å²) in [5.41, 5.74) is 0.428. The number of rotatable bonds is 5. The standard InChI is InChI=1S/C14H21N3O2/c1-5-17(6-2)11-7-8-12(3)19-14(18)13-9-10-15-16(13)4/h9-10,12H,5-6,11H2,1-4H3. The highest BCUT2D eigenvalue weighted by Crippen LogP contribution is 2.02. The van der Waals surface area contributed by atoms with Gasteiger partial charge in [0.05, 0.1) is 6.54 Å². The molecule has 19 heavy (non-hydrogen) atoms. The van der Waals surface area contributed by atoms with Gasteiger partial charge in [0.2, 0.25) is 0 Å². The van der Waals surface area contributed by atoms with Gasteiger partial charge >= 0.3 is 5.97 Å². The van der Waals surface area contributed by atoms with Crippen LogP contribution in [0.2, 0.25) is 0 Å². The molecule has 1 atom stereocenters. The van der Waals surface area contributed by atoms with Crippen molar-refractivity contribution in [2.45, 2.75) is 26.9 Å². The number of carbonyl (C=O) groups is 1. The van der Waals surface area contributed by atoms with Gasteiger partial charge in [0.1, 0.15) is 5.69 Å². The fraction of sp³-hybridized carbons (Fsp3) is 0.571. The average molecular weight is 263 g/mol. The van der Waals surface area contributed by atoms with Crippen LogP contribution in [-0.4, -0.2) is 46.4 Å². The molecule has 1 rings (SSSR count). The summed E-state index contributed by atoms with van der Waals surface area (Å²) in [6.07, 6.45) is 1.14. The molecule has 1 aromatic heterocycles. The molecule has 5 nitrogen and oxygen atoms in total. The fourth-order valence-electron chi connectivity index (χ4n) is 1.57. The topological polar surface area (TPSA) is 47.4 Å². The molecule has 0 N–H and O–H groups in total. The van der Waals surface area contributed by atoms with Crippen LogP contribution in [-0.2, 0) is 11.8 Å². The number of hydrogen-bond acceptors (Lipinski definition) is 4. The van der Waals surface area contributed by atoms with Crippen LogP contribution < -0.4 is 0 Å². The van der Waals surface area contributed by atoms with Crippen LogP contribution >= 0.6 is 0 Å². The maximum atomic E-state index is 11.8. The van der Waals surface area contributed by atoms with Gasteiger partial charge in [0, 0.05) is 13.2 Å². The zero-order chi connectivity index (χ0) is 14.3. The maximum Gasteiger partial charge on any atom is 0.357 e. The van der Waals surface area contributed by atoms with Crippen molar-refractivity contribution in [2.24, 2.45) is 7.05 Å². The molecule has 0 radical (unpaired) electrons. The normalized spacial score (nSPS) is 11.8. The Labute approximate surface area is 114 Å². The van der Waals surface area contributed by atoms with E-state index in [0.717, 1.165) is 13.1 Å². The SMILES string of the molecule is CCN(CC)CC#CC(C)OC(=O)c1ccnn1C. The van der Waals surface area contributed by atoms with Crippen molar-refractivity contribution in [1.29, 1.82) is 0 Å². The second kappa shape index (κ2) is 7.59. The predicted molar refractivity (Wildman–Crippen MR) is 73.6 cm³/mol. The molecular formula is C14H21N3O2. The molecule has 0 bridgehead atoms. The molecule has 5 heteroatoms. The van der Waals surface area contributed by atoms with Gasteiger partial charge in [-0.1, -0.05) is 25.7 Å². The van der Waals surface area contributed by atoms with Crippen LogP contribution in [0, 0.1) is 11.8 Å². The summed E-state index contributed by atoms with van der Waals surface area (Å²) >= 11 is 0. The third-order valence-electron chi connectivity index (χ3n) is 2.82. The van der Waals surface area contributed by atoms with Crippen LogP contribution in [0.3, 0.4) is 0 Å². The lowest BCUT2D eigenvalue weighted by Gasteiger charge is -2.13. The molecule has 104 valence electrons. The third kappa shape index (κ3) is 4.76. The Morgan fingerprint density at radius 1 is 1.53 bits per heavy atom. The summed E-state index contributed by atoms with van der Waals surface area (Å²) in [6.45, 7) is 8.58. The van der Waals surface area contributed by atoms with Gasteiger partial charge in [-0.2, -0.15) is 5.10 Å². The van der Waals surface area contributed by atoms with E-state index in [9.17, 15) is 4.79 Å². The Balaban J connectivity index is 2.48. The van der Waals surface area contributed by atoms with Gasteiger partial charge in [0.25, 0.3) is 0 Å². The minimum absolute atomic E-state index is 0.398. The van der Waals surface area contributed by atoms with Crippen molar-refractivity contribution in [2.75, 3.05) is 19.6 Å². The summed E-state index contributed by atoms with van der Waals surface area (Å²) < 4.78 is 6.72. The van der Waals surface area contributed by atoms with E-state index in [2.05, 4.69) is 35.7 Å². The summed E-state index contributed by atoms with van der Waals surface area (Å²) in [4.78, 5) is 14.0. The molecule has 0 saturated heterocycles. The van der Waals surface area contributed by atoms with Gasteiger partial charge in [-0.15, -0.1) is 0 Å². The van der Waals surface area contributed by atoms with E-state index in [4.69, 9.17) is 4.74 Å². The van der Waals surface area contributed by atoms with Gasteiger partial charge in [-0.05, 0) is 26.1 Å². The highest BCUT2D eigenvalue weighted by molar-refractivity contribution is 5.87. The van der Waals surface area contributed by atoms with Crippen molar-refractivity contribution in [1.82, 2.24) is 14.7 Å². The summed E-state index contributed by atoms with van der Waals surface area (Å²) in [5.74, 6) is 5.56. The minimum atomic E-state index is -0.419. The number of esters is 1. The van der Waals surface area contributed by atoms with Gasteiger partial charge in [-0.3, -0.25) is 9.58 Å². The number of nitrogens with zero attached hydrogens (tertiary/aromatic N) is 3. The summed E-state index contributed by atoms with van der Waals surface area (Å²) in [5, 5.41) is 3.93. The molecule has 0 aliphatic rings. The molecule has 0 saturated carbocycles. The molecule has 0 fully saturated rings. The molecule has 0 amide bonds. The molecule has 1 unspecified atom stereocenters. The van der Waals surface area contributed by atoms with Crippen molar-refractivity contribution < 1.29 is 9.53 Å². The van der Waals surface area contributed by atoms with Gasteiger partial charge in [-0.25, -0.2) is 4.79 Å². The molecule has 0 aromatic carbocycles. The van der Waals surface area contributed by atoms with E-state index < -0.39 is 12.1 Å². The summed E-state index contributed by atoms with van der Waals surface area (Å²) in [6, 6.07) is 1.62. The lowest BCUT2D eigenvalue weighted by Crippen LogP contribution is -2.23. The Hall–Kier alpha value is -1.80. The first-order chi connectivity index (χ1) is 9.08. The molecular weight excluding hydrogens is 242 g/mol. The van der Waals surface area contributed by atoms with E-state index in [1.165, 1.54) is 4.68 Å². The smallest absolute Gasteiger partial charge is 0.357 e. The molecule has 0 aliphatic carbocycles. The van der Waals surface area contributed by atoms with Crippen molar-refractivity contribution in [3.8, 4) is 11.8 Å². The van der Waals surface area contributed by atoms with Crippen molar-refractivity contribution in [3.05, 3.63) is 18.0 Å². The highest BCUT2D eigenvalue weighted by atomic mass is 16.5. The van der Waals surface area contributed by atoms with Crippen molar-refractivity contribution in [3.63, 3.8) is 0 Å². The lowest BCUT2D eigenvalue weighted by molar-refractivity contribution is 0.0425. The largest absolute Gasteiger partial charge is 0.445 e. The average Bonchev–Trinajstić information content (AvgIpc) is 2.81.